The fourth-order valence-electron chi connectivity index (χ4n) is 3.24. The van der Waals surface area contributed by atoms with Gasteiger partial charge in [0, 0.05) is 25.8 Å². The van der Waals surface area contributed by atoms with E-state index in [0.717, 1.165) is 10.7 Å². The Labute approximate surface area is 151 Å². The Balaban J connectivity index is 1.95. The average molecular weight is 368 g/mol. The lowest BCUT2D eigenvalue weighted by molar-refractivity contribution is -0.115. The van der Waals surface area contributed by atoms with E-state index in [1.54, 1.807) is 12.1 Å². The van der Waals surface area contributed by atoms with E-state index in [9.17, 15) is 13.2 Å². The standard InChI is InChI=1S/C18H29N3O3S/c1-13-7-5-10-17(14(13)2)19-12-18(22)20-15-8-6-9-16(11-15)25(23,24)21(3)4/h6,8-9,11,13-14,17,19H,5,7,10,12H2,1-4H3,(H,20,22)/t13-,14-,17-/m1/s1. The molecule has 1 fully saturated rings. The van der Waals surface area contributed by atoms with Gasteiger partial charge in [0.1, 0.15) is 0 Å². The number of carbonyl (C=O) groups is 1. The normalized spacial score (nSPS) is 24.3. The largest absolute Gasteiger partial charge is 0.325 e. The Hall–Kier alpha value is -1.44. The summed E-state index contributed by atoms with van der Waals surface area (Å²) in [5, 5.41) is 6.12. The molecule has 0 heterocycles. The second-order valence-electron chi connectivity index (χ2n) is 7.12. The number of rotatable bonds is 6. The average Bonchev–Trinajstić information content (AvgIpc) is 2.56. The zero-order valence-electron chi connectivity index (χ0n) is 15.5. The van der Waals surface area contributed by atoms with Gasteiger partial charge in [-0.2, -0.15) is 0 Å². The summed E-state index contributed by atoms with van der Waals surface area (Å²) in [5.41, 5.74) is 0.486. The minimum Gasteiger partial charge on any atom is -0.325 e. The van der Waals surface area contributed by atoms with Crippen LogP contribution in [0.3, 0.4) is 0 Å². The van der Waals surface area contributed by atoms with Gasteiger partial charge in [-0.15, -0.1) is 0 Å². The van der Waals surface area contributed by atoms with Gasteiger partial charge in [-0.1, -0.05) is 32.8 Å². The van der Waals surface area contributed by atoms with Crippen LogP contribution in [0.5, 0.6) is 0 Å². The molecule has 1 saturated carbocycles. The van der Waals surface area contributed by atoms with Crippen LogP contribution in [-0.2, 0) is 14.8 Å². The zero-order valence-corrected chi connectivity index (χ0v) is 16.3. The molecule has 2 N–H and O–H groups in total. The summed E-state index contributed by atoms with van der Waals surface area (Å²) >= 11 is 0. The van der Waals surface area contributed by atoms with Crippen molar-refractivity contribution >= 4 is 21.6 Å². The highest BCUT2D eigenvalue weighted by Gasteiger charge is 2.27. The van der Waals surface area contributed by atoms with E-state index in [1.165, 1.54) is 39.1 Å². The summed E-state index contributed by atoms with van der Waals surface area (Å²) in [6, 6.07) is 6.68. The zero-order chi connectivity index (χ0) is 18.6. The summed E-state index contributed by atoms with van der Waals surface area (Å²) in [5.74, 6) is 1.06. The minimum atomic E-state index is -3.51. The van der Waals surface area contributed by atoms with Crippen molar-refractivity contribution in [3.8, 4) is 0 Å². The van der Waals surface area contributed by atoms with Crippen LogP contribution >= 0.6 is 0 Å². The van der Waals surface area contributed by atoms with E-state index < -0.39 is 10.0 Å². The van der Waals surface area contributed by atoms with Crippen molar-refractivity contribution in [2.75, 3.05) is 26.0 Å². The first-order valence-corrected chi connectivity index (χ1v) is 10.2. The number of nitrogens with one attached hydrogen (secondary N) is 2. The summed E-state index contributed by atoms with van der Waals surface area (Å²) in [4.78, 5) is 12.4. The highest BCUT2D eigenvalue weighted by atomic mass is 32.2. The van der Waals surface area contributed by atoms with Gasteiger partial charge in [-0.05, 0) is 36.5 Å². The maximum Gasteiger partial charge on any atom is 0.242 e. The van der Waals surface area contributed by atoms with E-state index in [2.05, 4.69) is 24.5 Å². The van der Waals surface area contributed by atoms with Gasteiger partial charge in [-0.3, -0.25) is 4.79 Å². The predicted molar refractivity (Wildman–Crippen MR) is 99.9 cm³/mol. The summed E-state index contributed by atoms with van der Waals surface area (Å²) in [6.07, 6.45) is 3.53. The fourth-order valence-corrected chi connectivity index (χ4v) is 4.19. The summed E-state index contributed by atoms with van der Waals surface area (Å²) in [7, 11) is -0.546. The molecule has 0 aromatic heterocycles. The van der Waals surface area contributed by atoms with Gasteiger partial charge in [-0.25, -0.2) is 12.7 Å². The van der Waals surface area contributed by atoms with E-state index in [0.29, 0.717) is 23.6 Å². The van der Waals surface area contributed by atoms with Crippen LogP contribution in [0.25, 0.3) is 0 Å². The molecule has 0 saturated heterocycles. The van der Waals surface area contributed by atoms with Crippen molar-refractivity contribution < 1.29 is 13.2 Å². The minimum absolute atomic E-state index is 0.162. The van der Waals surface area contributed by atoms with Gasteiger partial charge in [0.25, 0.3) is 0 Å². The number of benzene rings is 1. The summed E-state index contributed by atoms with van der Waals surface area (Å²) in [6.45, 7) is 4.72. The number of carbonyl (C=O) groups excluding carboxylic acids is 1. The SMILES string of the molecule is C[C@@H]1[C@H](C)CCC[C@H]1NCC(=O)Nc1cccc(S(=O)(=O)N(C)C)c1. The van der Waals surface area contributed by atoms with Crippen molar-refractivity contribution in [2.24, 2.45) is 11.8 Å². The molecular formula is C18H29N3O3S. The van der Waals surface area contributed by atoms with Crippen LogP contribution in [0.2, 0.25) is 0 Å². The van der Waals surface area contributed by atoms with Crippen LogP contribution in [0.15, 0.2) is 29.2 Å². The molecule has 140 valence electrons. The fraction of sp³-hybridized carbons (Fsp3) is 0.611. The molecule has 0 unspecified atom stereocenters. The third-order valence-electron chi connectivity index (χ3n) is 5.13. The Morgan fingerprint density at radius 3 is 2.64 bits per heavy atom. The second kappa shape index (κ2) is 8.29. The Kier molecular flexibility index (Phi) is 6.59. The molecule has 1 aliphatic rings. The first-order chi connectivity index (χ1) is 11.7. The van der Waals surface area contributed by atoms with Crippen LogP contribution in [0, 0.1) is 11.8 Å². The van der Waals surface area contributed by atoms with Gasteiger partial charge in [0.2, 0.25) is 15.9 Å². The van der Waals surface area contributed by atoms with Crippen molar-refractivity contribution in [2.45, 2.75) is 44.0 Å². The lowest BCUT2D eigenvalue weighted by Gasteiger charge is -2.34. The lowest BCUT2D eigenvalue weighted by atomic mass is 9.78. The number of sulfonamides is 1. The molecule has 0 radical (unpaired) electrons. The molecule has 25 heavy (non-hydrogen) atoms. The molecule has 1 amide bonds. The van der Waals surface area contributed by atoms with Gasteiger partial charge < -0.3 is 10.6 Å². The molecule has 0 spiro atoms. The second-order valence-corrected chi connectivity index (χ2v) is 9.27. The third-order valence-corrected chi connectivity index (χ3v) is 6.94. The van der Waals surface area contributed by atoms with Crippen LogP contribution in [0.4, 0.5) is 5.69 Å². The molecule has 6 nitrogen and oxygen atoms in total. The predicted octanol–water partition coefficient (Wildman–Crippen LogP) is 2.29. The van der Waals surface area contributed by atoms with Crippen LogP contribution in [-0.4, -0.2) is 45.3 Å². The number of amides is 1. The van der Waals surface area contributed by atoms with Gasteiger partial charge in [0.15, 0.2) is 0 Å². The Morgan fingerprint density at radius 1 is 1.24 bits per heavy atom. The molecule has 1 aliphatic carbocycles. The van der Waals surface area contributed by atoms with E-state index in [-0.39, 0.29) is 17.3 Å². The van der Waals surface area contributed by atoms with E-state index in [1.807, 2.05) is 0 Å². The molecule has 1 aromatic carbocycles. The smallest absolute Gasteiger partial charge is 0.242 e. The lowest BCUT2D eigenvalue weighted by Crippen LogP contribution is -2.43. The number of nitrogens with zero attached hydrogens (tertiary/aromatic N) is 1. The Morgan fingerprint density at radius 2 is 1.96 bits per heavy atom. The van der Waals surface area contributed by atoms with Crippen molar-refractivity contribution in [1.29, 1.82) is 0 Å². The maximum atomic E-state index is 12.2. The Bertz CT molecular complexity index is 703. The van der Waals surface area contributed by atoms with Gasteiger partial charge >= 0.3 is 0 Å². The quantitative estimate of drug-likeness (QED) is 0.809. The van der Waals surface area contributed by atoms with E-state index in [4.69, 9.17) is 0 Å². The highest BCUT2D eigenvalue weighted by Crippen LogP contribution is 2.29. The monoisotopic (exact) mass is 367 g/mol. The van der Waals surface area contributed by atoms with Crippen molar-refractivity contribution in [1.82, 2.24) is 9.62 Å². The van der Waals surface area contributed by atoms with Crippen molar-refractivity contribution in [3.05, 3.63) is 24.3 Å². The molecule has 0 bridgehead atoms. The molecule has 1 aromatic rings. The first-order valence-electron chi connectivity index (χ1n) is 8.77. The number of anilines is 1. The molecule has 0 aliphatic heterocycles. The molecule has 7 heteroatoms. The van der Waals surface area contributed by atoms with Crippen LogP contribution < -0.4 is 10.6 Å². The summed E-state index contributed by atoms with van der Waals surface area (Å²) < 4.78 is 25.5. The number of hydrogen-bond acceptors (Lipinski definition) is 4. The maximum absolute atomic E-state index is 12.2. The number of hydrogen-bond donors (Lipinski definition) is 2. The van der Waals surface area contributed by atoms with Crippen LogP contribution in [0.1, 0.15) is 33.1 Å². The van der Waals surface area contributed by atoms with Crippen molar-refractivity contribution in [3.63, 3.8) is 0 Å². The third kappa shape index (κ3) is 5.03. The van der Waals surface area contributed by atoms with Gasteiger partial charge in [0.05, 0.1) is 11.4 Å². The highest BCUT2D eigenvalue weighted by molar-refractivity contribution is 7.89. The molecular weight excluding hydrogens is 338 g/mol. The van der Waals surface area contributed by atoms with E-state index >= 15 is 0 Å². The molecule has 3 atom stereocenters. The first kappa shape index (κ1) is 19.9. The molecule has 2 rings (SSSR count). The topological polar surface area (TPSA) is 78.5 Å².